The van der Waals surface area contributed by atoms with Gasteiger partial charge >= 0.3 is 0 Å². The molecule has 2 saturated heterocycles. The predicted molar refractivity (Wildman–Crippen MR) is 87.7 cm³/mol. The minimum absolute atomic E-state index is 0.262. The fourth-order valence-corrected chi connectivity index (χ4v) is 4.68. The fraction of sp³-hybridized carbons (Fsp3) is 1.00. The van der Waals surface area contributed by atoms with Crippen molar-refractivity contribution in [2.75, 3.05) is 26.2 Å². The number of rotatable bonds is 4. The molecule has 0 aromatic carbocycles. The lowest BCUT2D eigenvalue weighted by Gasteiger charge is -2.48. The van der Waals surface area contributed by atoms with Crippen molar-refractivity contribution in [3.05, 3.63) is 0 Å². The van der Waals surface area contributed by atoms with Gasteiger partial charge in [0.2, 0.25) is 0 Å². The lowest BCUT2D eigenvalue weighted by molar-refractivity contribution is -0.126. The van der Waals surface area contributed by atoms with Crippen molar-refractivity contribution in [3.63, 3.8) is 0 Å². The van der Waals surface area contributed by atoms with Crippen LogP contribution in [0.2, 0.25) is 0 Å². The molecule has 1 aliphatic carbocycles. The molecule has 3 aliphatic rings. The van der Waals surface area contributed by atoms with Gasteiger partial charge in [-0.05, 0) is 64.6 Å². The van der Waals surface area contributed by atoms with Gasteiger partial charge in [0.05, 0.1) is 5.60 Å². The first kappa shape index (κ1) is 15.8. The summed E-state index contributed by atoms with van der Waals surface area (Å²) in [4.78, 5) is 2.78. The second-order valence-corrected chi connectivity index (χ2v) is 7.50. The monoisotopic (exact) mass is 294 g/mol. The summed E-state index contributed by atoms with van der Waals surface area (Å²) in [6, 6.07) is 1.56. The van der Waals surface area contributed by atoms with Crippen LogP contribution in [0.25, 0.3) is 0 Å². The van der Waals surface area contributed by atoms with Crippen LogP contribution in [0.3, 0.4) is 0 Å². The molecule has 0 bridgehead atoms. The van der Waals surface area contributed by atoms with Crippen molar-refractivity contribution in [2.45, 2.75) is 88.8 Å². The summed E-state index contributed by atoms with van der Waals surface area (Å²) in [5, 5.41) is 3.70. The zero-order chi connectivity index (χ0) is 14.5. The second kappa shape index (κ2) is 7.43. The molecule has 2 aliphatic heterocycles. The van der Waals surface area contributed by atoms with E-state index in [1.165, 1.54) is 83.8 Å². The Morgan fingerprint density at radius 3 is 2.57 bits per heavy atom. The zero-order valence-corrected chi connectivity index (χ0v) is 13.9. The van der Waals surface area contributed by atoms with Crippen LogP contribution >= 0.6 is 0 Å². The summed E-state index contributed by atoms with van der Waals surface area (Å²) < 4.78 is 6.26. The highest BCUT2D eigenvalue weighted by atomic mass is 16.5. The highest BCUT2D eigenvalue weighted by Crippen LogP contribution is 2.40. The number of nitrogens with zero attached hydrogens (tertiary/aromatic N) is 1. The van der Waals surface area contributed by atoms with Crippen LogP contribution in [-0.2, 0) is 4.74 Å². The first-order chi connectivity index (χ1) is 10.3. The summed E-state index contributed by atoms with van der Waals surface area (Å²) in [6.45, 7) is 7.03. The van der Waals surface area contributed by atoms with Gasteiger partial charge in [-0.15, -0.1) is 0 Å². The van der Waals surface area contributed by atoms with E-state index in [1.807, 2.05) is 0 Å². The van der Waals surface area contributed by atoms with E-state index in [0.29, 0.717) is 0 Å². The van der Waals surface area contributed by atoms with Gasteiger partial charge in [0.15, 0.2) is 0 Å². The van der Waals surface area contributed by atoms with Crippen LogP contribution in [0.1, 0.15) is 71.1 Å². The molecule has 1 atom stereocenters. The molecule has 2 heterocycles. The Morgan fingerprint density at radius 1 is 1.10 bits per heavy atom. The Morgan fingerprint density at radius 2 is 1.86 bits per heavy atom. The lowest BCUT2D eigenvalue weighted by Crippen LogP contribution is -2.53. The third-order valence-electron chi connectivity index (χ3n) is 5.96. The van der Waals surface area contributed by atoms with Crippen LogP contribution in [0, 0.1) is 0 Å². The van der Waals surface area contributed by atoms with Gasteiger partial charge in [-0.2, -0.15) is 0 Å². The van der Waals surface area contributed by atoms with Crippen molar-refractivity contribution in [2.24, 2.45) is 0 Å². The first-order valence-corrected chi connectivity index (χ1v) is 9.43. The molecule has 0 amide bonds. The minimum atomic E-state index is 0.262. The SMILES string of the molecule is CCCNC1CCN(C2CCOC3(CCCCC3)C2)CC1. The van der Waals surface area contributed by atoms with E-state index in [4.69, 9.17) is 4.74 Å². The third kappa shape index (κ3) is 4.00. The van der Waals surface area contributed by atoms with Crippen LogP contribution in [0.5, 0.6) is 0 Å². The molecule has 3 heteroatoms. The molecule has 0 radical (unpaired) electrons. The highest BCUT2D eigenvalue weighted by molar-refractivity contribution is 4.94. The van der Waals surface area contributed by atoms with Crippen LogP contribution < -0.4 is 5.32 Å². The molecule has 1 spiro atoms. The maximum absolute atomic E-state index is 6.26. The third-order valence-corrected chi connectivity index (χ3v) is 5.96. The molecule has 0 aromatic heterocycles. The van der Waals surface area contributed by atoms with Crippen molar-refractivity contribution in [1.82, 2.24) is 10.2 Å². The van der Waals surface area contributed by atoms with Gasteiger partial charge < -0.3 is 15.0 Å². The molecule has 1 unspecified atom stereocenters. The molecule has 1 N–H and O–H groups in total. The lowest BCUT2D eigenvalue weighted by atomic mass is 9.77. The largest absolute Gasteiger partial charge is 0.375 e. The number of piperidine rings is 1. The van der Waals surface area contributed by atoms with E-state index in [9.17, 15) is 0 Å². The number of likely N-dealkylation sites (tertiary alicyclic amines) is 1. The molecule has 21 heavy (non-hydrogen) atoms. The van der Waals surface area contributed by atoms with E-state index in [0.717, 1.165) is 18.7 Å². The van der Waals surface area contributed by atoms with Gasteiger partial charge in [-0.25, -0.2) is 0 Å². The summed E-state index contributed by atoms with van der Waals surface area (Å²) in [5.41, 5.74) is 0.262. The molecule has 1 saturated carbocycles. The zero-order valence-electron chi connectivity index (χ0n) is 13.9. The van der Waals surface area contributed by atoms with Gasteiger partial charge in [0, 0.05) is 18.7 Å². The summed E-state index contributed by atoms with van der Waals surface area (Å²) in [5.74, 6) is 0. The summed E-state index contributed by atoms with van der Waals surface area (Å²) in [6.07, 6.45) is 13.3. The van der Waals surface area contributed by atoms with Gasteiger partial charge in [0.1, 0.15) is 0 Å². The number of hydrogen-bond acceptors (Lipinski definition) is 3. The Kier molecular flexibility index (Phi) is 5.58. The van der Waals surface area contributed by atoms with Crippen LogP contribution in [0.15, 0.2) is 0 Å². The standard InChI is InChI=1S/C18H34N2O/c1-2-11-19-16-6-12-20(13-7-16)17-8-14-21-18(15-17)9-4-3-5-10-18/h16-17,19H,2-15H2,1H3. The summed E-state index contributed by atoms with van der Waals surface area (Å²) in [7, 11) is 0. The van der Waals surface area contributed by atoms with Crippen LogP contribution in [0.4, 0.5) is 0 Å². The van der Waals surface area contributed by atoms with E-state index < -0.39 is 0 Å². The smallest absolute Gasteiger partial charge is 0.0697 e. The molecule has 3 rings (SSSR count). The average molecular weight is 294 g/mol. The van der Waals surface area contributed by atoms with Crippen molar-refractivity contribution in [1.29, 1.82) is 0 Å². The molecular weight excluding hydrogens is 260 g/mol. The first-order valence-electron chi connectivity index (χ1n) is 9.43. The Hall–Kier alpha value is -0.120. The quantitative estimate of drug-likeness (QED) is 0.861. The van der Waals surface area contributed by atoms with Crippen molar-refractivity contribution < 1.29 is 4.74 Å². The average Bonchev–Trinajstić information content (AvgIpc) is 2.54. The van der Waals surface area contributed by atoms with Gasteiger partial charge in [-0.3, -0.25) is 0 Å². The second-order valence-electron chi connectivity index (χ2n) is 7.50. The molecule has 3 nitrogen and oxygen atoms in total. The van der Waals surface area contributed by atoms with Gasteiger partial charge in [0.25, 0.3) is 0 Å². The minimum Gasteiger partial charge on any atom is -0.375 e. The maximum atomic E-state index is 6.26. The van der Waals surface area contributed by atoms with E-state index in [2.05, 4.69) is 17.1 Å². The van der Waals surface area contributed by atoms with Crippen LogP contribution in [-0.4, -0.2) is 48.8 Å². The predicted octanol–water partition coefficient (Wildman–Crippen LogP) is 3.33. The molecular formula is C18H34N2O. The Balaban J connectivity index is 1.48. The highest BCUT2D eigenvalue weighted by Gasteiger charge is 2.40. The molecule has 122 valence electrons. The normalized spacial score (nSPS) is 31.6. The number of hydrogen-bond donors (Lipinski definition) is 1. The Labute approximate surface area is 130 Å². The number of ether oxygens (including phenoxy) is 1. The van der Waals surface area contributed by atoms with Crippen molar-refractivity contribution >= 4 is 0 Å². The Bertz CT molecular complexity index is 301. The molecule has 3 fully saturated rings. The summed E-state index contributed by atoms with van der Waals surface area (Å²) >= 11 is 0. The van der Waals surface area contributed by atoms with Crippen molar-refractivity contribution in [3.8, 4) is 0 Å². The van der Waals surface area contributed by atoms with E-state index in [-0.39, 0.29) is 5.60 Å². The topological polar surface area (TPSA) is 24.5 Å². The maximum Gasteiger partial charge on any atom is 0.0697 e. The fourth-order valence-electron chi connectivity index (χ4n) is 4.68. The van der Waals surface area contributed by atoms with E-state index >= 15 is 0 Å². The van der Waals surface area contributed by atoms with E-state index in [1.54, 1.807) is 0 Å². The molecule has 0 aromatic rings. The number of nitrogens with one attached hydrogen (secondary N) is 1. The van der Waals surface area contributed by atoms with Gasteiger partial charge in [-0.1, -0.05) is 26.2 Å².